The fourth-order valence-electron chi connectivity index (χ4n) is 3.30. The smallest absolute Gasteiger partial charge is 0.250 e. The van der Waals surface area contributed by atoms with Gasteiger partial charge in [0.05, 0.1) is 17.9 Å². The number of carbonyl (C=O) groups is 3. The number of nitrogens with one attached hydrogen (secondary N) is 3. The molecule has 7 heteroatoms. The van der Waals surface area contributed by atoms with Crippen LogP contribution in [0.4, 0.5) is 22.7 Å². The lowest BCUT2D eigenvalue weighted by molar-refractivity contribution is -0.125. The normalized spacial score (nSPS) is 14.7. The van der Waals surface area contributed by atoms with Crippen molar-refractivity contribution in [2.24, 2.45) is 0 Å². The lowest BCUT2D eigenvalue weighted by Gasteiger charge is -2.42. The van der Waals surface area contributed by atoms with E-state index >= 15 is 0 Å². The number of benzene rings is 2. The van der Waals surface area contributed by atoms with E-state index in [4.69, 9.17) is 0 Å². The Kier molecular flexibility index (Phi) is 5.09. The van der Waals surface area contributed by atoms with E-state index in [9.17, 15) is 14.4 Å². The first-order chi connectivity index (χ1) is 13.2. The second-order valence-electron chi connectivity index (χ2n) is 7.27. The van der Waals surface area contributed by atoms with E-state index < -0.39 is 5.54 Å². The molecular formula is C21H24N4O3. The average Bonchev–Trinajstić information content (AvgIpc) is 2.62. The second kappa shape index (κ2) is 7.34. The van der Waals surface area contributed by atoms with Crippen LogP contribution in [0.3, 0.4) is 0 Å². The summed E-state index contributed by atoms with van der Waals surface area (Å²) in [5, 5.41) is 8.75. The van der Waals surface area contributed by atoms with Gasteiger partial charge in [-0.3, -0.25) is 19.3 Å². The largest absolute Gasteiger partial charge is 0.376 e. The van der Waals surface area contributed by atoms with Gasteiger partial charge in [0.1, 0.15) is 5.54 Å². The van der Waals surface area contributed by atoms with Gasteiger partial charge in [0, 0.05) is 18.3 Å². The Morgan fingerprint density at radius 3 is 2.46 bits per heavy atom. The second-order valence-corrected chi connectivity index (χ2v) is 7.27. The van der Waals surface area contributed by atoms with Gasteiger partial charge < -0.3 is 16.0 Å². The number of rotatable bonds is 4. The summed E-state index contributed by atoms with van der Waals surface area (Å²) >= 11 is 0. The maximum Gasteiger partial charge on any atom is 0.250 e. The summed E-state index contributed by atoms with van der Waals surface area (Å²) in [4.78, 5) is 38.5. The van der Waals surface area contributed by atoms with Crippen molar-refractivity contribution in [3.63, 3.8) is 0 Å². The van der Waals surface area contributed by atoms with Crippen LogP contribution in [0.25, 0.3) is 0 Å². The number of nitrogens with zero attached hydrogens (tertiary/aromatic N) is 1. The lowest BCUT2D eigenvalue weighted by atomic mass is 9.96. The summed E-state index contributed by atoms with van der Waals surface area (Å²) in [5.74, 6) is -0.617. The number of carbonyl (C=O) groups excluding carboxylic acids is 3. The number of hydrogen-bond donors (Lipinski definition) is 3. The molecule has 0 radical (unpaired) electrons. The summed E-state index contributed by atoms with van der Waals surface area (Å²) in [6.07, 6.45) is 0. The molecule has 28 heavy (non-hydrogen) atoms. The van der Waals surface area contributed by atoms with Crippen LogP contribution < -0.4 is 20.9 Å². The molecule has 1 heterocycles. The number of fused-ring (bicyclic) bond motifs is 1. The van der Waals surface area contributed by atoms with Gasteiger partial charge in [-0.2, -0.15) is 0 Å². The zero-order chi connectivity index (χ0) is 20.5. The molecule has 3 rings (SSSR count). The van der Waals surface area contributed by atoms with Gasteiger partial charge in [-0.25, -0.2) is 0 Å². The van der Waals surface area contributed by atoms with Crippen LogP contribution in [-0.4, -0.2) is 29.8 Å². The van der Waals surface area contributed by atoms with E-state index in [1.807, 2.05) is 31.2 Å². The predicted molar refractivity (Wildman–Crippen MR) is 111 cm³/mol. The number of amides is 3. The predicted octanol–water partition coefficient (Wildman–Crippen LogP) is 3.13. The highest BCUT2D eigenvalue weighted by Crippen LogP contribution is 2.36. The molecular weight excluding hydrogens is 356 g/mol. The van der Waals surface area contributed by atoms with E-state index in [1.54, 1.807) is 32.0 Å². The van der Waals surface area contributed by atoms with Gasteiger partial charge in [-0.15, -0.1) is 0 Å². The highest BCUT2D eigenvalue weighted by Gasteiger charge is 2.43. The summed E-state index contributed by atoms with van der Waals surface area (Å²) < 4.78 is 0. The SMILES string of the molecule is CC(=O)Nc1cccc(NCC(=O)N2c3ccccc3NC(=O)C2(C)C)c1C. The summed E-state index contributed by atoms with van der Waals surface area (Å²) in [6, 6.07) is 12.7. The summed E-state index contributed by atoms with van der Waals surface area (Å²) in [7, 11) is 0. The summed E-state index contributed by atoms with van der Waals surface area (Å²) in [6.45, 7) is 6.77. The van der Waals surface area contributed by atoms with Crippen molar-refractivity contribution < 1.29 is 14.4 Å². The van der Waals surface area contributed by atoms with Crippen molar-refractivity contribution in [1.29, 1.82) is 0 Å². The molecule has 0 atom stereocenters. The molecule has 0 bridgehead atoms. The Bertz CT molecular complexity index is 952. The highest BCUT2D eigenvalue weighted by atomic mass is 16.2. The fourth-order valence-corrected chi connectivity index (χ4v) is 3.30. The van der Waals surface area contributed by atoms with E-state index in [1.165, 1.54) is 11.8 Å². The summed E-state index contributed by atoms with van der Waals surface area (Å²) in [5.41, 5.74) is 2.54. The van der Waals surface area contributed by atoms with E-state index in [2.05, 4.69) is 16.0 Å². The number of hydrogen-bond acceptors (Lipinski definition) is 4. The molecule has 0 spiro atoms. The zero-order valence-electron chi connectivity index (χ0n) is 16.4. The van der Waals surface area contributed by atoms with Gasteiger partial charge in [-0.05, 0) is 50.6 Å². The van der Waals surface area contributed by atoms with Gasteiger partial charge >= 0.3 is 0 Å². The quantitative estimate of drug-likeness (QED) is 0.760. The Balaban J connectivity index is 1.84. The average molecular weight is 380 g/mol. The maximum atomic E-state index is 13.1. The molecule has 3 amide bonds. The first-order valence-electron chi connectivity index (χ1n) is 9.06. The molecule has 1 aliphatic heterocycles. The van der Waals surface area contributed by atoms with Crippen LogP contribution in [0.5, 0.6) is 0 Å². The molecule has 0 unspecified atom stereocenters. The molecule has 0 saturated carbocycles. The van der Waals surface area contributed by atoms with Gasteiger partial charge in [-0.1, -0.05) is 18.2 Å². The van der Waals surface area contributed by atoms with Crippen LogP contribution in [-0.2, 0) is 14.4 Å². The Morgan fingerprint density at radius 2 is 1.75 bits per heavy atom. The monoisotopic (exact) mass is 380 g/mol. The van der Waals surface area contributed by atoms with Crippen LogP contribution in [0.1, 0.15) is 26.3 Å². The maximum absolute atomic E-state index is 13.1. The standard InChI is InChI=1S/C21H24N4O3/c1-13-15(9-7-10-16(13)23-14(2)26)22-12-19(27)25-18-11-6-5-8-17(18)24-20(28)21(25,3)4/h5-11,22H,12H2,1-4H3,(H,23,26)(H,24,28). The van der Waals surface area contributed by atoms with Crippen molar-refractivity contribution in [2.75, 3.05) is 27.4 Å². The van der Waals surface area contributed by atoms with E-state index in [0.717, 1.165) is 11.3 Å². The molecule has 146 valence electrons. The molecule has 2 aromatic carbocycles. The van der Waals surface area contributed by atoms with Crippen LogP contribution in [0.15, 0.2) is 42.5 Å². The third kappa shape index (κ3) is 3.55. The molecule has 0 aliphatic carbocycles. The molecule has 2 aromatic rings. The number of para-hydroxylation sites is 2. The highest BCUT2D eigenvalue weighted by molar-refractivity contribution is 6.14. The molecule has 3 N–H and O–H groups in total. The molecule has 1 aliphatic rings. The lowest BCUT2D eigenvalue weighted by Crippen LogP contribution is -2.59. The van der Waals surface area contributed by atoms with E-state index in [0.29, 0.717) is 17.1 Å². The van der Waals surface area contributed by atoms with Crippen molar-refractivity contribution in [1.82, 2.24) is 0 Å². The molecule has 0 fully saturated rings. The van der Waals surface area contributed by atoms with Gasteiger partial charge in [0.25, 0.3) is 0 Å². The van der Waals surface area contributed by atoms with Crippen molar-refractivity contribution in [3.8, 4) is 0 Å². The van der Waals surface area contributed by atoms with Crippen LogP contribution >= 0.6 is 0 Å². The van der Waals surface area contributed by atoms with E-state index in [-0.39, 0.29) is 24.3 Å². The number of anilines is 4. The third-order valence-corrected chi connectivity index (χ3v) is 4.83. The van der Waals surface area contributed by atoms with Crippen LogP contribution in [0.2, 0.25) is 0 Å². The van der Waals surface area contributed by atoms with Crippen LogP contribution in [0, 0.1) is 6.92 Å². The zero-order valence-corrected chi connectivity index (χ0v) is 16.4. The topological polar surface area (TPSA) is 90.5 Å². The molecule has 0 aromatic heterocycles. The first-order valence-corrected chi connectivity index (χ1v) is 9.06. The minimum absolute atomic E-state index is 0.00933. The fraction of sp³-hybridized carbons (Fsp3) is 0.286. The minimum atomic E-state index is -1.01. The Labute approximate surface area is 164 Å². The van der Waals surface area contributed by atoms with Gasteiger partial charge in [0.15, 0.2) is 0 Å². The van der Waals surface area contributed by atoms with Gasteiger partial charge in [0.2, 0.25) is 17.7 Å². The van der Waals surface area contributed by atoms with Crippen molar-refractivity contribution in [3.05, 3.63) is 48.0 Å². The minimum Gasteiger partial charge on any atom is -0.376 e. The molecule has 7 nitrogen and oxygen atoms in total. The Hall–Kier alpha value is -3.35. The van der Waals surface area contributed by atoms with Crippen molar-refractivity contribution >= 4 is 40.5 Å². The van der Waals surface area contributed by atoms with Crippen molar-refractivity contribution in [2.45, 2.75) is 33.2 Å². The third-order valence-electron chi connectivity index (χ3n) is 4.83. The molecule has 0 saturated heterocycles. The first kappa shape index (κ1) is 19.4. The Morgan fingerprint density at radius 1 is 1.07 bits per heavy atom.